The summed E-state index contributed by atoms with van der Waals surface area (Å²) in [6, 6.07) is 0. The lowest BCUT2D eigenvalue weighted by Gasteiger charge is -1.96. The number of rotatable bonds is 6. The molecule has 48 heteroatoms. The number of carboxylic acid groups (broad SMARTS) is 6. The van der Waals surface area contributed by atoms with Crippen molar-refractivity contribution >= 4 is 37.3 Å². The van der Waals surface area contributed by atoms with Crippen LogP contribution in [-0.4, -0.2) is 251 Å². The Morgan fingerprint density at radius 3 is 0.272 bits per heavy atom. The minimum atomic E-state index is -4.62. The summed E-state index contributed by atoms with van der Waals surface area (Å²) in [4.78, 5) is 58.1. The highest BCUT2D eigenvalue weighted by Crippen LogP contribution is 2.14. The Balaban J connectivity index is -0.0000000325. The summed E-state index contributed by atoms with van der Waals surface area (Å²) in [5.41, 5.74) is 0. The van der Waals surface area contributed by atoms with Gasteiger partial charge in [-0.15, -0.1) is 0 Å². The lowest BCUT2D eigenvalue weighted by Crippen LogP contribution is -2.12. The van der Waals surface area contributed by atoms with Gasteiger partial charge in [0.25, 0.3) is 0 Å². The van der Waals surface area contributed by atoms with Gasteiger partial charge in [-0.05, 0) is 84.6 Å². The van der Waals surface area contributed by atoms with E-state index in [1.165, 1.54) is 29.4 Å². The molecule has 0 saturated carbocycles. The highest BCUT2D eigenvalue weighted by molar-refractivity contribution is 5.52. The summed E-state index contributed by atoms with van der Waals surface area (Å²) in [5.74, 6) is 0. The standard InChI is InChI=1S/6C3H8FN.3C2H2F4.3CH2F2.6CHFO2/c6*1-5(2)3-4;3*3-1-2(4,5)6;3*2-1-3;6*2-1(3)4/h6*3H2,1-2H3;3*1H2;3*1H2;6*(H,3,4)/p-6. The SMILES string of the molecule is CN(C)CF.CN(C)CF.CN(C)CF.CN(C)CF.CN(C)CF.CN(C)CF.FCC(F)(F)F.FCC(F)(F)F.FCC(F)(F)F.FCF.FCF.FCF.O=C([O-])F.O=C([O-])F.O=C([O-])F.O=C([O-])F.O=C([O-])F.O=C([O-])F. The first kappa shape index (κ1) is 127. The van der Waals surface area contributed by atoms with Crippen molar-refractivity contribution in [2.45, 2.75) is 18.5 Å². The molecular formula is C33H60F30N6O12-6. The van der Waals surface area contributed by atoms with Gasteiger partial charge in [0, 0.05) is 0 Å². The average Bonchev–Trinajstić information content (AvgIpc) is 3.27. The van der Waals surface area contributed by atoms with Crippen LogP contribution in [0.4, 0.5) is 160 Å². The van der Waals surface area contributed by atoms with Crippen LogP contribution >= 0.6 is 0 Å². The summed E-state index contributed by atoms with van der Waals surface area (Å²) in [6.07, 6.45) is -29.4. The Morgan fingerprint density at radius 2 is 0.272 bits per heavy atom. The van der Waals surface area contributed by atoms with Crippen molar-refractivity contribution < 1.29 is 191 Å². The molecule has 510 valence electrons. The lowest BCUT2D eigenvalue weighted by atomic mass is 10.8. The molecule has 0 aliphatic carbocycles. The molecule has 0 aromatic carbocycles. The molecule has 0 unspecified atom stereocenters. The fourth-order valence-corrected chi connectivity index (χ4v) is 0. The van der Waals surface area contributed by atoms with Gasteiger partial charge in [-0.3, -0.25) is 29.4 Å². The van der Waals surface area contributed by atoms with E-state index in [9.17, 15) is 132 Å². The molecule has 0 bridgehead atoms. The number of nitrogens with zero attached hydrogens (tertiary/aromatic N) is 6. The molecule has 0 fully saturated rings. The average molecular weight is 1300 g/mol. The number of hydrogen-bond acceptors (Lipinski definition) is 18. The Kier molecular flexibility index (Phi) is 172. The van der Waals surface area contributed by atoms with Crippen molar-refractivity contribution in [1.82, 2.24) is 29.4 Å². The Morgan fingerprint density at radius 1 is 0.247 bits per heavy atom. The number of carbonyl (C=O) groups is 6. The summed E-state index contributed by atoms with van der Waals surface area (Å²) in [6.45, 7) is -14.1. The molecule has 0 spiro atoms. The van der Waals surface area contributed by atoms with Gasteiger partial charge in [-0.25, -0.2) is 65.9 Å². The Bertz CT molecular complexity index is 934. The minimum absolute atomic E-state index is 0.361. The molecule has 0 aliphatic heterocycles. The van der Waals surface area contributed by atoms with Crippen LogP contribution < -0.4 is 30.6 Å². The van der Waals surface area contributed by atoms with Crippen molar-refractivity contribution in [2.75, 3.05) is 166 Å². The van der Waals surface area contributed by atoms with E-state index >= 15 is 0 Å². The summed E-state index contributed by atoms with van der Waals surface area (Å²) in [7, 11) is 20.2. The van der Waals surface area contributed by atoms with E-state index in [-0.39, 0.29) is 40.8 Å². The zero-order valence-corrected chi connectivity index (χ0v) is 43.9. The van der Waals surface area contributed by atoms with E-state index in [1.807, 2.05) is 0 Å². The molecule has 0 aliphatic rings. The second-order valence-electron chi connectivity index (χ2n) is 11.2. The van der Waals surface area contributed by atoms with Gasteiger partial charge in [0.1, 0.15) is 40.8 Å². The first-order valence-corrected chi connectivity index (χ1v) is 17.6. The second-order valence-corrected chi connectivity index (χ2v) is 11.2. The van der Waals surface area contributed by atoms with E-state index < -0.39 is 96.7 Å². The van der Waals surface area contributed by atoms with Gasteiger partial charge < -0.3 is 59.4 Å². The van der Waals surface area contributed by atoms with Crippen LogP contribution in [0.5, 0.6) is 0 Å². The largest absolute Gasteiger partial charge is 0.520 e. The van der Waals surface area contributed by atoms with Crippen molar-refractivity contribution in [3.63, 3.8) is 0 Å². The predicted octanol–water partition coefficient (Wildman–Crippen LogP) is 5.85. The lowest BCUT2D eigenvalue weighted by molar-refractivity contribution is -0.265. The third-order valence-corrected chi connectivity index (χ3v) is 1.89. The van der Waals surface area contributed by atoms with E-state index in [0.29, 0.717) is 0 Å². The predicted molar refractivity (Wildman–Crippen MR) is 214 cm³/mol. The highest BCUT2D eigenvalue weighted by atomic mass is 19.4. The number of hydrogen-bond donors (Lipinski definition) is 0. The Hall–Kier alpha value is -5.52. The maximum Gasteiger partial charge on any atom is 0.416 e. The smallest absolute Gasteiger partial charge is 0.416 e. The van der Waals surface area contributed by atoms with Crippen LogP contribution in [0.15, 0.2) is 0 Å². The van der Waals surface area contributed by atoms with E-state index in [2.05, 4.69) is 0 Å². The zero-order valence-electron chi connectivity index (χ0n) is 43.9. The van der Waals surface area contributed by atoms with Gasteiger partial charge >= 0.3 is 18.5 Å². The van der Waals surface area contributed by atoms with Crippen LogP contribution in [0.2, 0.25) is 0 Å². The number of carbonyl (C=O) groups excluding carboxylic acids is 6. The van der Waals surface area contributed by atoms with Gasteiger partial charge in [-0.1, -0.05) is 0 Å². The molecule has 0 saturated heterocycles. The molecule has 0 aromatic rings. The molecule has 0 aromatic heterocycles. The van der Waals surface area contributed by atoms with Gasteiger partial charge in [0.2, 0.25) is 58.1 Å². The van der Waals surface area contributed by atoms with Crippen LogP contribution in [0.3, 0.4) is 0 Å². The third-order valence-electron chi connectivity index (χ3n) is 1.89. The monoisotopic (exact) mass is 1300 g/mol. The van der Waals surface area contributed by atoms with Crippen molar-refractivity contribution in [1.29, 1.82) is 0 Å². The zero-order chi connectivity index (χ0) is 70.9. The van der Waals surface area contributed by atoms with Gasteiger partial charge in [0.05, 0.1) is 0 Å². The summed E-state index contributed by atoms with van der Waals surface area (Å²) in [5, 5.41) is 49.3. The first-order valence-electron chi connectivity index (χ1n) is 17.6. The minimum Gasteiger partial charge on any atom is -0.520 e. The molecule has 0 rings (SSSR count). The molecule has 0 heterocycles. The molecule has 0 amide bonds. The Labute approximate surface area is 443 Å². The summed E-state index contributed by atoms with van der Waals surface area (Å²) >= 11 is 0. The maximum atomic E-state index is 11.0. The van der Waals surface area contributed by atoms with Crippen LogP contribution in [0.25, 0.3) is 0 Å². The number of halogens is 30. The van der Waals surface area contributed by atoms with Crippen LogP contribution in [-0.2, 0) is 0 Å². The normalized spacial score (nSPS) is 8.74. The molecule has 18 nitrogen and oxygen atoms in total. The first-order chi connectivity index (χ1) is 35.9. The van der Waals surface area contributed by atoms with Gasteiger partial charge in [-0.2, -0.15) is 65.9 Å². The van der Waals surface area contributed by atoms with Crippen LogP contribution in [0, 0.1) is 0 Å². The van der Waals surface area contributed by atoms with Crippen molar-refractivity contribution in [2.24, 2.45) is 0 Å². The quantitative estimate of drug-likeness (QED) is 0.172. The third kappa shape index (κ3) is 1630. The van der Waals surface area contributed by atoms with Crippen molar-refractivity contribution in [3.8, 4) is 0 Å². The van der Waals surface area contributed by atoms with E-state index in [0.717, 1.165) is 0 Å². The molecule has 0 N–H and O–H groups in total. The van der Waals surface area contributed by atoms with Crippen LogP contribution in [0.1, 0.15) is 0 Å². The highest BCUT2D eigenvalue weighted by Gasteiger charge is 2.27. The molecule has 0 radical (unpaired) electrons. The second kappa shape index (κ2) is 110. The van der Waals surface area contributed by atoms with E-state index in [4.69, 9.17) is 59.4 Å². The summed E-state index contributed by atoms with van der Waals surface area (Å²) < 4.78 is 308. The molecular weight excluding hydrogens is 1240 g/mol. The van der Waals surface area contributed by atoms with E-state index in [1.54, 1.807) is 84.6 Å². The fourth-order valence-electron chi connectivity index (χ4n) is 0. The van der Waals surface area contributed by atoms with Gasteiger partial charge in [0.15, 0.2) is 20.0 Å². The molecule has 0 atom stereocenters. The number of alkyl halides is 24. The molecule has 81 heavy (non-hydrogen) atoms. The van der Waals surface area contributed by atoms with Crippen molar-refractivity contribution in [3.05, 3.63) is 0 Å². The maximum absolute atomic E-state index is 11.0. The topological polar surface area (TPSA) is 260 Å². The fraction of sp³-hybridized carbons (Fsp3) is 0.818.